The fourth-order valence-corrected chi connectivity index (χ4v) is 1.81. The van der Waals surface area contributed by atoms with Gasteiger partial charge in [0, 0.05) is 23.7 Å². The van der Waals surface area contributed by atoms with Crippen LogP contribution in [-0.2, 0) is 4.79 Å². The fraction of sp³-hybridized carbons (Fsp3) is 0.167. The number of carboxylic acids is 1. The monoisotopic (exact) mass is 313 g/mol. The van der Waals surface area contributed by atoms with Crippen LogP contribution in [0, 0.1) is 0 Å². The third-order valence-electron chi connectivity index (χ3n) is 2.08. The van der Waals surface area contributed by atoms with Crippen LogP contribution in [0.3, 0.4) is 0 Å². The number of carbonyl (C=O) groups is 2. The van der Waals surface area contributed by atoms with E-state index in [0.29, 0.717) is 5.39 Å². The number of carbonyl (C=O) groups excluding carboxylic acids is 1. The van der Waals surface area contributed by atoms with E-state index in [9.17, 15) is 9.90 Å². The van der Waals surface area contributed by atoms with Crippen LogP contribution in [0.5, 0.6) is 5.75 Å². The van der Waals surface area contributed by atoms with E-state index in [1.807, 2.05) is 6.07 Å². The molecule has 0 aliphatic carbocycles. The van der Waals surface area contributed by atoms with Crippen molar-refractivity contribution in [2.45, 2.75) is 13.8 Å². The van der Waals surface area contributed by atoms with E-state index >= 15 is 0 Å². The van der Waals surface area contributed by atoms with E-state index in [0.717, 1.165) is 16.9 Å². The molecule has 0 bridgehead atoms. The molecule has 2 rings (SSSR count). The van der Waals surface area contributed by atoms with Crippen molar-refractivity contribution in [1.82, 2.24) is 4.57 Å². The van der Waals surface area contributed by atoms with Gasteiger partial charge in [-0.05, 0) is 18.2 Å². The van der Waals surface area contributed by atoms with Crippen LogP contribution in [-0.4, -0.2) is 26.7 Å². The summed E-state index contributed by atoms with van der Waals surface area (Å²) >= 11 is 3.31. The predicted octanol–water partition coefficient (Wildman–Crippen LogP) is 2.86. The second-order valence-corrected chi connectivity index (χ2v) is 4.50. The average Bonchev–Trinajstić information content (AvgIpc) is 2.55. The molecule has 0 amide bonds. The number of aromatic hydroxyl groups is 1. The van der Waals surface area contributed by atoms with E-state index in [4.69, 9.17) is 9.90 Å². The smallest absolute Gasteiger partial charge is 0.300 e. The van der Waals surface area contributed by atoms with Gasteiger partial charge in [-0.1, -0.05) is 15.9 Å². The van der Waals surface area contributed by atoms with Crippen molar-refractivity contribution in [2.75, 3.05) is 0 Å². The molecule has 0 spiro atoms. The van der Waals surface area contributed by atoms with Gasteiger partial charge in [-0.3, -0.25) is 14.2 Å². The van der Waals surface area contributed by atoms with Gasteiger partial charge in [0.25, 0.3) is 5.97 Å². The van der Waals surface area contributed by atoms with Crippen molar-refractivity contribution in [2.24, 2.45) is 0 Å². The molecule has 2 N–H and O–H groups in total. The van der Waals surface area contributed by atoms with Crippen LogP contribution in [0.2, 0.25) is 0 Å². The third-order valence-corrected chi connectivity index (χ3v) is 2.58. The SMILES string of the molecule is CC(=O)O.CC(=O)n1cc(O)c2cc(Br)ccc21. The molecule has 2 aromatic rings. The average molecular weight is 314 g/mol. The van der Waals surface area contributed by atoms with Gasteiger partial charge in [0.2, 0.25) is 5.91 Å². The molecule has 1 heterocycles. The summed E-state index contributed by atoms with van der Waals surface area (Å²) in [6.45, 7) is 2.54. The Morgan fingerprint density at radius 2 is 1.83 bits per heavy atom. The summed E-state index contributed by atoms with van der Waals surface area (Å²) in [5.74, 6) is -0.825. The van der Waals surface area contributed by atoms with Crippen LogP contribution < -0.4 is 0 Å². The molecule has 0 saturated heterocycles. The first-order chi connectivity index (χ1) is 8.32. The number of aliphatic carboxylic acids is 1. The van der Waals surface area contributed by atoms with Gasteiger partial charge in [0.05, 0.1) is 11.7 Å². The summed E-state index contributed by atoms with van der Waals surface area (Å²) in [5.41, 5.74) is 0.721. The molecule has 1 aromatic heterocycles. The molecular weight excluding hydrogens is 302 g/mol. The maximum atomic E-state index is 11.2. The number of nitrogens with zero attached hydrogens (tertiary/aromatic N) is 1. The standard InChI is InChI=1S/C10H8BrNO2.C2H4O2/c1-6(13)12-5-10(14)8-4-7(11)2-3-9(8)12;1-2(3)4/h2-5,14H,1H3;1H3,(H,3,4). The van der Waals surface area contributed by atoms with Crippen molar-refractivity contribution in [3.8, 4) is 5.75 Å². The Morgan fingerprint density at radius 1 is 1.28 bits per heavy atom. The normalized spacial score (nSPS) is 9.72. The molecule has 0 aliphatic heterocycles. The van der Waals surface area contributed by atoms with Gasteiger partial charge >= 0.3 is 0 Å². The molecule has 0 aliphatic rings. The number of carboxylic acid groups (broad SMARTS) is 1. The van der Waals surface area contributed by atoms with Gasteiger partial charge in [0.1, 0.15) is 5.75 Å². The van der Waals surface area contributed by atoms with Crippen LogP contribution >= 0.6 is 15.9 Å². The van der Waals surface area contributed by atoms with Crippen molar-refractivity contribution in [3.63, 3.8) is 0 Å². The summed E-state index contributed by atoms with van der Waals surface area (Å²) in [5, 5.41) is 17.7. The Morgan fingerprint density at radius 3 is 2.33 bits per heavy atom. The molecule has 6 heteroatoms. The lowest BCUT2D eigenvalue weighted by Crippen LogP contribution is -2.02. The van der Waals surface area contributed by atoms with Crippen molar-refractivity contribution in [1.29, 1.82) is 0 Å². The lowest BCUT2D eigenvalue weighted by molar-refractivity contribution is -0.134. The first-order valence-electron chi connectivity index (χ1n) is 5.03. The molecule has 5 nitrogen and oxygen atoms in total. The molecule has 0 saturated carbocycles. The molecule has 0 fully saturated rings. The molecular formula is C12H12BrNO4. The summed E-state index contributed by atoms with van der Waals surface area (Å²) in [6.07, 6.45) is 1.43. The minimum absolute atomic E-state index is 0.113. The number of benzene rings is 1. The second-order valence-electron chi connectivity index (χ2n) is 3.58. The van der Waals surface area contributed by atoms with Crippen LogP contribution in [0.15, 0.2) is 28.9 Å². The van der Waals surface area contributed by atoms with Crippen molar-refractivity contribution < 1.29 is 19.8 Å². The molecule has 0 atom stereocenters. The summed E-state index contributed by atoms with van der Waals surface area (Å²) in [6, 6.07) is 5.41. The fourth-order valence-electron chi connectivity index (χ4n) is 1.45. The highest BCUT2D eigenvalue weighted by molar-refractivity contribution is 9.10. The van der Waals surface area contributed by atoms with E-state index in [-0.39, 0.29) is 11.7 Å². The summed E-state index contributed by atoms with van der Waals surface area (Å²) < 4.78 is 2.30. The van der Waals surface area contributed by atoms with Gasteiger partial charge in [0.15, 0.2) is 0 Å². The van der Waals surface area contributed by atoms with E-state index in [1.54, 1.807) is 12.1 Å². The number of hydrogen-bond donors (Lipinski definition) is 2. The summed E-state index contributed by atoms with van der Waals surface area (Å²) in [7, 11) is 0. The van der Waals surface area contributed by atoms with Gasteiger partial charge in [-0.2, -0.15) is 0 Å². The second kappa shape index (κ2) is 5.68. The number of rotatable bonds is 0. The zero-order valence-electron chi connectivity index (χ0n) is 9.85. The molecule has 18 heavy (non-hydrogen) atoms. The Kier molecular flexibility index (Phi) is 4.49. The van der Waals surface area contributed by atoms with Gasteiger partial charge in [-0.25, -0.2) is 0 Å². The highest BCUT2D eigenvalue weighted by Gasteiger charge is 2.09. The quantitative estimate of drug-likeness (QED) is 0.783. The lowest BCUT2D eigenvalue weighted by Gasteiger charge is -1.97. The Bertz CT molecular complexity index is 599. The maximum Gasteiger partial charge on any atom is 0.300 e. The number of aromatic nitrogens is 1. The largest absolute Gasteiger partial charge is 0.506 e. The maximum absolute atomic E-state index is 11.2. The highest BCUT2D eigenvalue weighted by Crippen LogP contribution is 2.29. The molecule has 0 radical (unpaired) electrons. The minimum Gasteiger partial charge on any atom is -0.506 e. The van der Waals surface area contributed by atoms with Gasteiger partial charge < -0.3 is 10.2 Å². The highest BCUT2D eigenvalue weighted by atomic mass is 79.9. The number of fused-ring (bicyclic) bond motifs is 1. The van der Waals surface area contributed by atoms with Crippen molar-refractivity contribution in [3.05, 3.63) is 28.9 Å². The van der Waals surface area contributed by atoms with Gasteiger partial charge in [-0.15, -0.1) is 0 Å². The van der Waals surface area contributed by atoms with Crippen LogP contribution in [0.1, 0.15) is 18.6 Å². The molecule has 0 unspecified atom stereocenters. The first-order valence-corrected chi connectivity index (χ1v) is 5.82. The first kappa shape index (κ1) is 14.2. The lowest BCUT2D eigenvalue weighted by atomic mass is 10.2. The zero-order chi connectivity index (χ0) is 13.9. The number of hydrogen-bond acceptors (Lipinski definition) is 3. The Balaban J connectivity index is 0.000000357. The Hall–Kier alpha value is -1.82. The molecule has 1 aromatic carbocycles. The predicted molar refractivity (Wildman–Crippen MR) is 70.9 cm³/mol. The molecule has 96 valence electrons. The Labute approximate surface area is 112 Å². The van der Waals surface area contributed by atoms with Crippen LogP contribution in [0.25, 0.3) is 10.9 Å². The third kappa shape index (κ3) is 3.33. The zero-order valence-corrected chi connectivity index (χ0v) is 11.4. The van der Waals surface area contributed by atoms with Crippen LogP contribution in [0.4, 0.5) is 0 Å². The number of halogens is 1. The van der Waals surface area contributed by atoms with E-state index < -0.39 is 5.97 Å². The minimum atomic E-state index is -0.833. The van der Waals surface area contributed by atoms with Crippen molar-refractivity contribution >= 4 is 38.7 Å². The van der Waals surface area contributed by atoms with E-state index in [2.05, 4.69) is 15.9 Å². The topological polar surface area (TPSA) is 79.5 Å². The summed E-state index contributed by atoms with van der Waals surface area (Å²) in [4.78, 5) is 20.2. The van der Waals surface area contributed by atoms with E-state index in [1.165, 1.54) is 17.7 Å².